The highest BCUT2D eigenvalue weighted by Crippen LogP contribution is 2.34. The molecule has 0 bridgehead atoms. The monoisotopic (exact) mass is 590 g/mol. The van der Waals surface area contributed by atoms with Gasteiger partial charge in [-0.25, -0.2) is 13.4 Å². The SMILES string of the molecule is CC1Cc2nc(C(=O)N3CCN(S(=O)(=O)c4cc5ccc(Cl)cc5s4)CC3CC(=O)N(C)CC#N)oc2CN1. The Labute approximate surface area is 235 Å². The first-order valence-electron chi connectivity index (χ1n) is 12.4. The molecule has 39 heavy (non-hydrogen) atoms. The molecule has 1 aromatic carbocycles. The minimum Gasteiger partial charge on any atom is -0.436 e. The highest BCUT2D eigenvalue weighted by atomic mass is 35.5. The van der Waals surface area contributed by atoms with Crippen LogP contribution >= 0.6 is 22.9 Å². The maximum absolute atomic E-state index is 13.6. The van der Waals surface area contributed by atoms with Gasteiger partial charge < -0.3 is 19.5 Å². The zero-order chi connectivity index (χ0) is 27.9. The number of hydrogen-bond acceptors (Lipinski definition) is 9. The van der Waals surface area contributed by atoms with Gasteiger partial charge in [-0.05, 0) is 30.5 Å². The van der Waals surface area contributed by atoms with Crippen LogP contribution in [-0.4, -0.2) is 84.6 Å². The van der Waals surface area contributed by atoms with Crippen molar-refractivity contribution < 1.29 is 22.4 Å². The molecule has 11 nitrogen and oxygen atoms in total. The van der Waals surface area contributed by atoms with Crippen LogP contribution in [-0.2, 0) is 27.8 Å². The molecule has 0 saturated carbocycles. The number of sulfonamides is 1. The van der Waals surface area contributed by atoms with Gasteiger partial charge in [0.25, 0.3) is 15.9 Å². The van der Waals surface area contributed by atoms with E-state index in [1.807, 2.05) is 13.0 Å². The second-order valence-corrected chi connectivity index (χ2v) is 13.4. The Hall–Kier alpha value is -3.02. The molecule has 206 valence electrons. The predicted octanol–water partition coefficient (Wildman–Crippen LogP) is 2.46. The number of nitrogens with zero attached hydrogens (tertiary/aromatic N) is 5. The van der Waals surface area contributed by atoms with Crippen molar-refractivity contribution >= 4 is 54.9 Å². The van der Waals surface area contributed by atoms with E-state index in [2.05, 4.69) is 10.3 Å². The number of thiophene rings is 1. The molecule has 2 aliphatic rings. The summed E-state index contributed by atoms with van der Waals surface area (Å²) in [5.41, 5.74) is 0.719. The summed E-state index contributed by atoms with van der Waals surface area (Å²) >= 11 is 7.20. The van der Waals surface area contributed by atoms with Gasteiger partial charge in [0.05, 0.1) is 24.3 Å². The van der Waals surface area contributed by atoms with Gasteiger partial charge in [-0.15, -0.1) is 11.3 Å². The number of benzene rings is 1. The molecular formula is C25H27ClN6O5S2. The van der Waals surface area contributed by atoms with E-state index in [0.717, 1.165) is 27.1 Å². The van der Waals surface area contributed by atoms with Crippen LogP contribution in [0.3, 0.4) is 0 Å². The lowest BCUT2D eigenvalue weighted by atomic mass is 10.1. The molecule has 0 aliphatic carbocycles. The van der Waals surface area contributed by atoms with Crippen molar-refractivity contribution in [3.05, 3.63) is 46.6 Å². The maximum atomic E-state index is 13.6. The van der Waals surface area contributed by atoms with Gasteiger partial charge in [-0.2, -0.15) is 9.57 Å². The van der Waals surface area contributed by atoms with E-state index in [-0.39, 0.29) is 54.6 Å². The molecule has 1 fully saturated rings. The number of carbonyl (C=O) groups excluding carboxylic acids is 2. The van der Waals surface area contributed by atoms with Crippen LogP contribution in [0.1, 0.15) is 35.5 Å². The Kier molecular flexibility index (Phi) is 7.67. The number of amides is 2. The van der Waals surface area contributed by atoms with Gasteiger partial charge in [0, 0.05) is 55.3 Å². The lowest BCUT2D eigenvalue weighted by Crippen LogP contribution is -2.57. The summed E-state index contributed by atoms with van der Waals surface area (Å²) in [6.45, 7) is 2.36. The van der Waals surface area contributed by atoms with Crippen LogP contribution in [0, 0.1) is 11.3 Å². The van der Waals surface area contributed by atoms with E-state index in [4.69, 9.17) is 21.3 Å². The molecule has 2 aliphatic heterocycles. The molecule has 1 N–H and O–H groups in total. The molecule has 2 aromatic heterocycles. The number of piperazine rings is 1. The van der Waals surface area contributed by atoms with Crippen LogP contribution in [0.2, 0.25) is 5.02 Å². The fourth-order valence-corrected chi connectivity index (χ4v) is 8.10. The predicted molar refractivity (Wildman–Crippen MR) is 145 cm³/mol. The molecule has 0 spiro atoms. The van der Waals surface area contributed by atoms with Crippen molar-refractivity contribution in [3.8, 4) is 6.07 Å². The van der Waals surface area contributed by atoms with Crippen LogP contribution in [0.4, 0.5) is 0 Å². The first-order chi connectivity index (χ1) is 18.6. The van der Waals surface area contributed by atoms with Gasteiger partial charge in [0.1, 0.15) is 16.5 Å². The molecule has 2 atom stereocenters. The lowest BCUT2D eigenvalue weighted by molar-refractivity contribution is -0.130. The summed E-state index contributed by atoms with van der Waals surface area (Å²) in [5.74, 6) is -0.341. The number of nitriles is 1. The van der Waals surface area contributed by atoms with Crippen LogP contribution in [0.5, 0.6) is 0 Å². The second-order valence-electron chi connectivity index (χ2n) is 9.75. The van der Waals surface area contributed by atoms with Crippen molar-refractivity contribution in [1.29, 1.82) is 5.26 Å². The smallest absolute Gasteiger partial charge is 0.310 e. The number of fused-ring (bicyclic) bond motifs is 2. The van der Waals surface area contributed by atoms with Crippen molar-refractivity contribution in [3.63, 3.8) is 0 Å². The van der Waals surface area contributed by atoms with Gasteiger partial charge >= 0.3 is 5.91 Å². The van der Waals surface area contributed by atoms with Gasteiger partial charge in [-0.1, -0.05) is 17.7 Å². The van der Waals surface area contributed by atoms with Gasteiger partial charge in [-0.3, -0.25) is 9.59 Å². The van der Waals surface area contributed by atoms with Crippen LogP contribution in [0.15, 0.2) is 32.9 Å². The standard InChI is InChI=1S/C25H27ClN6O5S2/c1-15-9-19-20(13-28-15)37-24(29-19)25(34)32-8-7-31(14-18(32)12-22(33)30(2)6-5-27)39(35,36)23-10-16-3-4-17(26)11-21(16)38-23/h3-4,10-11,15,18,28H,6-9,12-14H2,1-2H3. The Morgan fingerprint density at radius 2 is 2.13 bits per heavy atom. The summed E-state index contributed by atoms with van der Waals surface area (Å²) in [6.07, 6.45) is 0.469. The number of rotatable bonds is 6. The number of nitrogens with one attached hydrogen (secondary N) is 1. The van der Waals surface area contributed by atoms with Crippen LogP contribution in [0.25, 0.3) is 10.1 Å². The molecule has 4 heterocycles. The van der Waals surface area contributed by atoms with Crippen molar-refractivity contribution in [2.75, 3.05) is 33.2 Å². The van der Waals surface area contributed by atoms with Crippen LogP contribution < -0.4 is 5.32 Å². The second kappa shape index (κ2) is 10.9. The third-order valence-electron chi connectivity index (χ3n) is 6.98. The third kappa shape index (κ3) is 5.53. The van der Waals surface area contributed by atoms with Gasteiger partial charge in [0.15, 0.2) is 0 Å². The molecule has 0 radical (unpaired) electrons. The molecule has 14 heteroatoms. The van der Waals surface area contributed by atoms with E-state index in [1.54, 1.807) is 24.3 Å². The highest BCUT2D eigenvalue weighted by molar-refractivity contribution is 7.91. The van der Waals surface area contributed by atoms with Crippen molar-refractivity contribution in [2.45, 2.75) is 42.6 Å². The van der Waals surface area contributed by atoms with Gasteiger partial charge in [0.2, 0.25) is 5.91 Å². The summed E-state index contributed by atoms with van der Waals surface area (Å²) < 4.78 is 35.3. The van der Waals surface area contributed by atoms with E-state index in [9.17, 15) is 18.0 Å². The molecule has 2 unspecified atom stereocenters. The lowest BCUT2D eigenvalue weighted by Gasteiger charge is -2.40. The Bertz CT molecular complexity index is 1580. The third-order valence-corrected chi connectivity index (χ3v) is 10.6. The normalized spacial score (nSPS) is 20.0. The quantitative estimate of drug-likeness (QED) is 0.432. The number of aromatic nitrogens is 1. The summed E-state index contributed by atoms with van der Waals surface area (Å²) in [5, 5.41) is 13.5. The number of halogens is 1. The molecule has 5 rings (SSSR count). The molecule has 3 aromatic rings. The first kappa shape index (κ1) is 27.5. The summed E-state index contributed by atoms with van der Waals surface area (Å²) in [4.78, 5) is 33.6. The average molecular weight is 591 g/mol. The van der Waals surface area contributed by atoms with E-state index < -0.39 is 22.0 Å². The van der Waals surface area contributed by atoms with E-state index in [0.29, 0.717) is 23.7 Å². The first-order valence-corrected chi connectivity index (χ1v) is 15.0. The Morgan fingerprint density at radius 3 is 2.90 bits per heavy atom. The molecule has 1 saturated heterocycles. The largest absolute Gasteiger partial charge is 0.436 e. The minimum atomic E-state index is -3.91. The summed E-state index contributed by atoms with van der Waals surface area (Å²) in [6, 6.07) is 8.14. The minimum absolute atomic E-state index is 0.0425. The fourth-order valence-electron chi connectivity index (χ4n) is 4.80. The zero-order valence-corrected chi connectivity index (χ0v) is 23.8. The van der Waals surface area contributed by atoms with Crippen molar-refractivity contribution in [1.82, 2.24) is 24.4 Å². The zero-order valence-electron chi connectivity index (χ0n) is 21.4. The maximum Gasteiger partial charge on any atom is 0.310 e. The Balaban J connectivity index is 1.42. The number of oxazole rings is 1. The van der Waals surface area contributed by atoms with E-state index in [1.165, 1.54) is 21.2 Å². The molecular weight excluding hydrogens is 564 g/mol. The topological polar surface area (TPSA) is 140 Å². The van der Waals surface area contributed by atoms with Crippen molar-refractivity contribution in [2.24, 2.45) is 0 Å². The summed E-state index contributed by atoms with van der Waals surface area (Å²) in [7, 11) is -2.42. The highest BCUT2D eigenvalue weighted by Gasteiger charge is 2.40. The fraction of sp³-hybridized carbons (Fsp3) is 0.440. The average Bonchev–Trinajstić information content (AvgIpc) is 3.52. The Morgan fingerprint density at radius 1 is 1.33 bits per heavy atom. The number of hydrogen-bond donors (Lipinski definition) is 1. The number of carbonyl (C=O) groups is 2. The van der Waals surface area contributed by atoms with E-state index >= 15 is 0 Å². The molecule has 2 amide bonds.